The maximum atomic E-state index is 13.8. The van der Waals surface area contributed by atoms with E-state index in [1.165, 1.54) is 4.90 Å². The molecule has 0 bridgehead atoms. The second-order valence-electron chi connectivity index (χ2n) is 11.0. The molecule has 3 aliphatic rings. The van der Waals surface area contributed by atoms with Gasteiger partial charge in [0.25, 0.3) is 0 Å². The van der Waals surface area contributed by atoms with Crippen LogP contribution in [0.25, 0.3) is 0 Å². The van der Waals surface area contributed by atoms with E-state index in [4.69, 9.17) is 0 Å². The molecule has 3 heterocycles. The summed E-state index contributed by atoms with van der Waals surface area (Å²) in [5, 5.41) is 30.0. The fourth-order valence-corrected chi connectivity index (χ4v) is 4.84. The molecule has 1 aliphatic heterocycles. The van der Waals surface area contributed by atoms with Gasteiger partial charge in [0, 0.05) is 44.1 Å². The van der Waals surface area contributed by atoms with Gasteiger partial charge < -0.3 is 19.9 Å². The summed E-state index contributed by atoms with van der Waals surface area (Å²) in [6.45, 7) is 7.04. The van der Waals surface area contributed by atoms with E-state index in [2.05, 4.69) is 25.8 Å². The number of aliphatic hydroxyl groups is 1. The zero-order valence-electron chi connectivity index (χ0n) is 20.1. The summed E-state index contributed by atoms with van der Waals surface area (Å²) >= 11 is 0. The second-order valence-corrected chi connectivity index (χ2v) is 11.0. The molecule has 1 saturated heterocycles. The summed E-state index contributed by atoms with van der Waals surface area (Å²) in [6.07, 6.45) is 7.50. The van der Waals surface area contributed by atoms with Crippen molar-refractivity contribution in [3.8, 4) is 0 Å². The Balaban J connectivity index is 1.27. The molecule has 2 N–H and O–H groups in total. The predicted octanol–water partition coefficient (Wildman–Crippen LogP) is 0.990. The van der Waals surface area contributed by atoms with Crippen molar-refractivity contribution in [3.63, 3.8) is 0 Å². The van der Waals surface area contributed by atoms with E-state index >= 15 is 0 Å². The second kappa shape index (κ2) is 8.75. The minimum Gasteiger partial charge on any atom is -0.391 e. The third-order valence-electron chi connectivity index (χ3n) is 6.95. The van der Waals surface area contributed by atoms with Gasteiger partial charge in [0.15, 0.2) is 0 Å². The number of nitrogens with one attached hydrogen (secondary N) is 1. The Morgan fingerprint density at radius 3 is 2.59 bits per heavy atom. The van der Waals surface area contributed by atoms with Crippen molar-refractivity contribution in [1.82, 2.24) is 40.0 Å². The third kappa shape index (κ3) is 4.70. The van der Waals surface area contributed by atoms with Crippen molar-refractivity contribution in [2.45, 2.75) is 89.4 Å². The molecule has 2 aliphatic carbocycles. The first-order valence-electron chi connectivity index (χ1n) is 12.3. The molecule has 3 atom stereocenters. The van der Waals surface area contributed by atoms with E-state index in [9.17, 15) is 14.7 Å². The Morgan fingerprint density at radius 1 is 1.18 bits per heavy atom. The number of nitrogens with zero attached hydrogens (tertiary/aromatic N) is 7. The SMILES string of the molecule is CC(C)(C)[C@@H](C(=O)N1CC(O)CC1C(=O)NCCn1cnnc1C1CC1)n1cc(C2CC2)nn1. The molecule has 0 spiro atoms. The van der Waals surface area contributed by atoms with Crippen LogP contribution in [0.4, 0.5) is 0 Å². The number of hydrogen-bond acceptors (Lipinski definition) is 7. The molecule has 0 aromatic carbocycles. The van der Waals surface area contributed by atoms with Crippen LogP contribution in [0.5, 0.6) is 0 Å². The smallest absolute Gasteiger partial charge is 0.248 e. The third-order valence-corrected chi connectivity index (χ3v) is 6.95. The average Bonchev–Trinajstić information content (AvgIpc) is 3.67. The van der Waals surface area contributed by atoms with E-state index in [1.807, 2.05) is 31.5 Å². The Labute approximate surface area is 198 Å². The van der Waals surface area contributed by atoms with Crippen molar-refractivity contribution in [3.05, 3.63) is 24.0 Å². The Bertz CT molecular complexity index is 1050. The minimum atomic E-state index is -0.739. The van der Waals surface area contributed by atoms with Gasteiger partial charge in [-0.1, -0.05) is 26.0 Å². The number of likely N-dealkylation sites (tertiary alicyclic amines) is 1. The highest BCUT2D eigenvalue weighted by Crippen LogP contribution is 2.40. The molecule has 3 fully saturated rings. The zero-order chi connectivity index (χ0) is 24.0. The van der Waals surface area contributed by atoms with Crippen LogP contribution in [0.15, 0.2) is 12.5 Å². The van der Waals surface area contributed by atoms with E-state index in [-0.39, 0.29) is 24.8 Å². The topological polar surface area (TPSA) is 131 Å². The van der Waals surface area contributed by atoms with Gasteiger partial charge in [0.1, 0.15) is 24.2 Å². The van der Waals surface area contributed by atoms with Gasteiger partial charge in [-0.2, -0.15) is 0 Å². The molecule has 184 valence electrons. The lowest BCUT2D eigenvalue weighted by Crippen LogP contribution is -2.50. The number of β-amino-alcohol motifs (C(OH)–C–C–N with tert-alkyl or cyclic N) is 1. The standard InChI is InChI=1S/C23H34N8O3/c1-23(2,3)19(31-12-17(26-28-31)14-4-5-14)22(34)30-11-16(32)10-18(30)21(33)24-8-9-29-13-25-27-20(29)15-6-7-15/h12-16,18-19,32H,4-11H2,1-3H3,(H,24,33)/t16?,18?,19-/m1/s1. The summed E-state index contributed by atoms with van der Waals surface area (Å²) in [5.41, 5.74) is 0.464. The summed E-state index contributed by atoms with van der Waals surface area (Å²) in [6, 6.07) is -1.34. The molecule has 2 unspecified atom stereocenters. The number of amides is 2. The Kier molecular flexibility index (Phi) is 5.91. The van der Waals surface area contributed by atoms with Crippen LogP contribution >= 0.6 is 0 Å². The molecule has 11 heteroatoms. The minimum absolute atomic E-state index is 0.130. The van der Waals surface area contributed by atoms with E-state index < -0.39 is 23.6 Å². The van der Waals surface area contributed by atoms with E-state index in [1.54, 1.807) is 11.0 Å². The van der Waals surface area contributed by atoms with Crippen molar-refractivity contribution >= 4 is 11.8 Å². The first-order chi connectivity index (χ1) is 16.2. The molecular weight excluding hydrogens is 436 g/mol. The Hall–Kier alpha value is -2.82. The zero-order valence-corrected chi connectivity index (χ0v) is 20.1. The maximum absolute atomic E-state index is 13.8. The lowest BCUT2D eigenvalue weighted by molar-refractivity contribution is -0.144. The highest BCUT2D eigenvalue weighted by Gasteiger charge is 2.45. The van der Waals surface area contributed by atoms with E-state index in [0.29, 0.717) is 24.9 Å². The summed E-state index contributed by atoms with van der Waals surface area (Å²) < 4.78 is 3.61. The van der Waals surface area contributed by atoms with Gasteiger partial charge in [0.2, 0.25) is 11.8 Å². The number of carbonyl (C=O) groups excluding carboxylic acids is 2. The summed E-state index contributed by atoms with van der Waals surface area (Å²) in [4.78, 5) is 28.4. The summed E-state index contributed by atoms with van der Waals surface area (Å²) in [7, 11) is 0. The quantitative estimate of drug-likeness (QED) is 0.588. The van der Waals surface area contributed by atoms with Crippen LogP contribution in [0.2, 0.25) is 0 Å². The first-order valence-corrected chi connectivity index (χ1v) is 12.3. The number of hydrogen-bond donors (Lipinski definition) is 2. The lowest BCUT2D eigenvalue weighted by Gasteiger charge is -2.34. The summed E-state index contributed by atoms with van der Waals surface area (Å²) in [5.74, 6) is 1.40. The predicted molar refractivity (Wildman–Crippen MR) is 122 cm³/mol. The molecule has 2 saturated carbocycles. The fourth-order valence-electron chi connectivity index (χ4n) is 4.84. The van der Waals surface area contributed by atoms with Crippen molar-refractivity contribution in [1.29, 1.82) is 0 Å². The molecule has 0 radical (unpaired) electrons. The van der Waals surface area contributed by atoms with Gasteiger partial charge in [-0.05, 0) is 31.1 Å². The first kappa shape index (κ1) is 22.9. The van der Waals surface area contributed by atoms with Gasteiger partial charge in [-0.25, -0.2) is 4.68 Å². The molecule has 11 nitrogen and oxygen atoms in total. The maximum Gasteiger partial charge on any atom is 0.248 e. The van der Waals surface area contributed by atoms with Gasteiger partial charge in [-0.15, -0.1) is 15.3 Å². The van der Waals surface area contributed by atoms with Crippen LogP contribution in [0.3, 0.4) is 0 Å². The monoisotopic (exact) mass is 470 g/mol. The van der Waals surface area contributed by atoms with Crippen molar-refractivity contribution in [2.24, 2.45) is 5.41 Å². The molecule has 2 aromatic heterocycles. The van der Waals surface area contributed by atoms with Crippen LogP contribution in [0.1, 0.15) is 82.3 Å². The molecule has 5 rings (SSSR count). The van der Waals surface area contributed by atoms with Crippen LogP contribution in [0, 0.1) is 5.41 Å². The number of carbonyl (C=O) groups is 2. The van der Waals surface area contributed by atoms with Crippen molar-refractivity contribution < 1.29 is 14.7 Å². The fraction of sp³-hybridized carbons (Fsp3) is 0.739. The molecule has 2 aromatic rings. The van der Waals surface area contributed by atoms with Gasteiger partial charge in [0.05, 0.1) is 11.8 Å². The van der Waals surface area contributed by atoms with Crippen LogP contribution < -0.4 is 5.32 Å². The van der Waals surface area contributed by atoms with Crippen molar-refractivity contribution in [2.75, 3.05) is 13.1 Å². The largest absolute Gasteiger partial charge is 0.391 e. The average molecular weight is 471 g/mol. The lowest BCUT2D eigenvalue weighted by atomic mass is 9.85. The molecular formula is C23H34N8O3. The van der Waals surface area contributed by atoms with Crippen LogP contribution in [-0.2, 0) is 16.1 Å². The highest BCUT2D eigenvalue weighted by atomic mass is 16.3. The van der Waals surface area contributed by atoms with Gasteiger partial charge >= 0.3 is 0 Å². The number of rotatable bonds is 8. The molecule has 34 heavy (non-hydrogen) atoms. The van der Waals surface area contributed by atoms with E-state index in [0.717, 1.165) is 37.2 Å². The van der Waals surface area contributed by atoms with Gasteiger partial charge in [-0.3, -0.25) is 9.59 Å². The molecule has 2 amide bonds. The normalized spacial score (nSPS) is 23.8. The number of aromatic nitrogens is 6. The highest BCUT2D eigenvalue weighted by molar-refractivity contribution is 5.90. The Morgan fingerprint density at radius 2 is 1.91 bits per heavy atom. The van der Waals surface area contributed by atoms with Crippen LogP contribution in [-0.4, -0.2) is 76.8 Å². The number of aliphatic hydroxyl groups excluding tert-OH is 1.